The quantitative estimate of drug-likeness (QED) is 0.329. The fourth-order valence-corrected chi connectivity index (χ4v) is 3.42. The molecular weight excluding hydrogens is 280 g/mol. The van der Waals surface area contributed by atoms with Crippen LogP contribution in [-0.4, -0.2) is 36.6 Å². The summed E-state index contributed by atoms with van der Waals surface area (Å²) in [4.78, 5) is 2.52. The van der Waals surface area contributed by atoms with E-state index in [-0.39, 0.29) is 0 Å². The predicted molar refractivity (Wildman–Crippen MR) is 106 cm³/mol. The monoisotopic (exact) mass is 326 g/mol. The van der Waals surface area contributed by atoms with Crippen molar-refractivity contribution in [2.24, 2.45) is 0 Å². The van der Waals surface area contributed by atoms with E-state index in [9.17, 15) is 0 Å². The normalized spacial score (nSPS) is 14.3. The van der Waals surface area contributed by atoms with E-state index in [0.29, 0.717) is 5.54 Å². The van der Waals surface area contributed by atoms with Crippen molar-refractivity contribution in [1.29, 1.82) is 0 Å². The molecule has 0 amide bonds. The Kier molecular flexibility index (Phi) is 15.4. The molecule has 140 valence electrons. The molecule has 0 radical (unpaired) electrons. The third-order valence-corrected chi connectivity index (χ3v) is 5.29. The Morgan fingerprint density at radius 3 is 1.65 bits per heavy atom. The van der Waals surface area contributed by atoms with E-state index in [1.807, 2.05) is 0 Å². The minimum Gasteiger partial charge on any atom is -0.310 e. The fourth-order valence-electron chi connectivity index (χ4n) is 3.42. The highest BCUT2D eigenvalue weighted by Crippen LogP contribution is 2.22. The summed E-state index contributed by atoms with van der Waals surface area (Å²) in [5, 5.41) is 3.92. The van der Waals surface area contributed by atoms with Gasteiger partial charge in [0, 0.05) is 18.6 Å². The molecule has 0 bridgehead atoms. The van der Waals surface area contributed by atoms with Gasteiger partial charge in [-0.05, 0) is 32.9 Å². The Morgan fingerprint density at radius 2 is 1.17 bits per heavy atom. The smallest absolute Gasteiger partial charge is 0.0153 e. The number of nitrogens with zero attached hydrogens (tertiary/aromatic N) is 1. The van der Waals surface area contributed by atoms with E-state index in [2.05, 4.69) is 44.8 Å². The first-order valence-electron chi connectivity index (χ1n) is 10.6. The van der Waals surface area contributed by atoms with Crippen LogP contribution in [0.25, 0.3) is 0 Å². The highest BCUT2D eigenvalue weighted by Gasteiger charge is 2.22. The molecule has 0 fully saturated rings. The Morgan fingerprint density at radius 1 is 0.696 bits per heavy atom. The van der Waals surface area contributed by atoms with Crippen molar-refractivity contribution in [3.8, 4) is 0 Å². The van der Waals surface area contributed by atoms with Crippen molar-refractivity contribution in [2.75, 3.05) is 26.2 Å². The van der Waals surface area contributed by atoms with Crippen LogP contribution in [0.4, 0.5) is 0 Å². The predicted octanol–water partition coefficient (Wildman–Crippen LogP) is 6.01. The third kappa shape index (κ3) is 12.9. The molecule has 0 aromatic heterocycles. The Bertz CT molecular complexity index is 238. The van der Waals surface area contributed by atoms with Crippen molar-refractivity contribution in [2.45, 2.75) is 111 Å². The summed E-state index contributed by atoms with van der Waals surface area (Å²) in [5.74, 6) is 0. The number of likely N-dealkylation sites (N-methyl/N-ethyl adjacent to an activating group) is 1. The van der Waals surface area contributed by atoms with E-state index < -0.39 is 0 Å². The molecule has 0 heterocycles. The largest absolute Gasteiger partial charge is 0.310 e. The van der Waals surface area contributed by atoms with Gasteiger partial charge < -0.3 is 10.2 Å². The van der Waals surface area contributed by atoms with Crippen LogP contribution in [-0.2, 0) is 0 Å². The molecule has 23 heavy (non-hydrogen) atoms. The molecule has 0 aliphatic rings. The second-order valence-corrected chi connectivity index (χ2v) is 7.49. The molecule has 2 heteroatoms. The first-order valence-corrected chi connectivity index (χ1v) is 10.6. The van der Waals surface area contributed by atoms with Crippen molar-refractivity contribution in [3.63, 3.8) is 0 Å². The summed E-state index contributed by atoms with van der Waals surface area (Å²) in [6.45, 7) is 16.3. The van der Waals surface area contributed by atoms with Gasteiger partial charge in [-0.1, -0.05) is 85.5 Å². The molecule has 0 aliphatic heterocycles. The van der Waals surface area contributed by atoms with Gasteiger partial charge in [-0.25, -0.2) is 0 Å². The number of rotatable bonds is 17. The van der Waals surface area contributed by atoms with Crippen LogP contribution in [0.5, 0.6) is 0 Å². The lowest BCUT2D eigenvalue weighted by Crippen LogP contribution is -2.46. The number of hydrogen-bond acceptors (Lipinski definition) is 2. The number of unbranched alkanes of at least 4 members (excludes halogenated alkanes) is 7. The second-order valence-electron chi connectivity index (χ2n) is 7.49. The molecule has 1 N–H and O–H groups in total. The molecule has 0 rings (SSSR count). The maximum Gasteiger partial charge on any atom is 0.0153 e. The van der Waals surface area contributed by atoms with Crippen molar-refractivity contribution in [1.82, 2.24) is 10.2 Å². The van der Waals surface area contributed by atoms with Crippen LogP contribution in [0.2, 0.25) is 0 Å². The zero-order valence-electron chi connectivity index (χ0n) is 17.1. The summed E-state index contributed by atoms with van der Waals surface area (Å²) in [6, 6.07) is 0. The van der Waals surface area contributed by atoms with Crippen LogP contribution in [0.15, 0.2) is 0 Å². The SMILES string of the molecule is CCCCCCCC(C)(CCCCCC)NCCN(CC)CC. The molecule has 0 saturated heterocycles. The third-order valence-electron chi connectivity index (χ3n) is 5.29. The van der Waals surface area contributed by atoms with Gasteiger partial charge in [-0.15, -0.1) is 0 Å². The standard InChI is InChI=1S/C21H46N2/c1-6-10-12-14-16-18-21(5,17-15-13-11-7-2)22-19-20-23(8-3)9-4/h22H,6-20H2,1-5H3. The van der Waals surface area contributed by atoms with Crippen LogP contribution in [0.3, 0.4) is 0 Å². The first-order chi connectivity index (χ1) is 11.1. The summed E-state index contributed by atoms with van der Waals surface area (Å²) in [5.41, 5.74) is 0.354. The van der Waals surface area contributed by atoms with Gasteiger partial charge in [-0.3, -0.25) is 0 Å². The molecule has 0 saturated carbocycles. The average Bonchev–Trinajstić information content (AvgIpc) is 2.56. The van der Waals surface area contributed by atoms with Crippen molar-refractivity contribution in [3.05, 3.63) is 0 Å². The van der Waals surface area contributed by atoms with Gasteiger partial charge in [-0.2, -0.15) is 0 Å². The van der Waals surface area contributed by atoms with Crippen LogP contribution < -0.4 is 5.32 Å². The zero-order valence-corrected chi connectivity index (χ0v) is 17.1. The van der Waals surface area contributed by atoms with Crippen LogP contribution in [0, 0.1) is 0 Å². The zero-order chi connectivity index (χ0) is 17.4. The summed E-state index contributed by atoms with van der Waals surface area (Å²) in [6.07, 6.45) is 15.2. The molecule has 1 unspecified atom stereocenters. The minimum absolute atomic E-state index is 0.354. The Labute approximate surface area is 147 Å². The minimum atomic E-state index is 0.354. The summed E-state index contributed by atoms with van der Waals surface area (Å²) in [7, 11) is 0. The lowest BCUT2D eigenvalue weighted by atomic mass is 9.88. The van der Waals surface area contributed by atoms with Gasteiger partial charge in [0.15, 0.2) is 0 Å². The summed E-state index contributed by atoms with van der Waals surface area (Å²) < 4.78 is 0. The van der Waals surface area contributed by atoms with Crippen LogP contribution in [0.1, 0.15) is 105 Å². The van der Waals surface area contributed by atoms with Crippen molar-refractivity contribution < 1.29 is 0 Å². The lowest BCUT2D eigenvalue weighted by Gasteiger charge is -2.33. The van der Waals surface area contributed by atoms with Gasteiger partial charge in [0.2, 0.25) is 0 Å². The molecule has 0 aromatic carbocycles. The van der Waals surface area contributed by atoms with Gasteiger partial charge in [0.05, 0.1) is 0 Å². The average molecular weight is 327 g/mol. The lowest BCUT2D eigenvalue weighted by molar-refractivity contribution is 0.249. The maximum atomic E-state index is 3.92. The molecule has 0 aliphatic carbocycles. The van der Waals surface area contributed by atoms with E-state index in [1.165, 1.54) is 90.3 Å². The molecule has 1 atom stereocenters. The molecular formula is C21H46N2. The number of hydrogen-bond donors (Lipinski definition) is 1. The van der Waals surface area contributed by atoms with E-state index in [0.717, 1.165) is 6.54 Å². The highest BCUT2D eigenvalue weighted by atomic mass is 15.1. The Balaban J connectivity index is 4.17. The Hall–Kier alpha value is -0.0800. The maximum absolute atomic E-state index is 3.92. The van der Waals surface area contributed by atoms with E-state index in [1.54, 1.807) is 0 Å². The van der Waals surface area contributed by atoms with E-state index >= 15 is 0 Å². The fraction of sp³-hybridized carbons (Fsp3) is 1.00. The highest BCUT2D eigenvalue weighted by molar-refractivity contribution is 4.83. The molecule has 0 spiro atoms. The topological polar surface area (TPSA) is 15.3 Å². The second kappa shape index (κ2) is 15.4. The first kappa shape index (κ1) is 22.9. The summed E-state index contributed by atoms with van der Waals surface area (Å²) >= 11 is 0. The van der Waals surface area contributed by atoms with Gasteiger partial charge in [0.1, 0.15) is 0 Å². The van der Waals surface area contributed by atoms with E-state index in [4.69, 9.17) is 0 Å². The van der Waals surface area contributed by atoms with Gasteiger partial charge >= 0.3 is 0 Å². The van der Waals surface area contributed by atoms with Crippen molar-refractivity contribution >= 4 is 0 Å². The van der Waals surface area contributed by atoms with Gasteiger partial charge in [0.25, 0.3) is 0 Å². The molecule has 2 nitrogen and oxygen atoms in total. The molecule has 0 aromatic rings. The van der Waals surface area contributed by atoms with Crippen LogP contribution >= 0.6 is 0 Å². The number of nitrogens with one attached hydrogen (secondary N) is 1.